The summed E-state index contributed by atoms with van der Waals surface area (Å²) in [4.78, 5) is 28.3. The van der Waals surface area contributed by atoms with Crippen LogP contribution in [0.2, 0.25) is 0 Å². The van der Waals surface area contributed by atoms with E-state index in [1.165, 1.54) is 32.0 Å². The lowest BCUT2D eigenvalue weighted by Gasteiger charge is -2.30. The molecule has 12 nitrogen and oxygen atoms in total. The van der Waals surface area contributed by atoms with Gasteiger partial charge in [0.2, 0.25) is 0 Å². The highest BCUT2D eigenvalue weighted by atomic mass is 31.2. The second kappa shape index (κ2) is 11.9. The van der Waals surface area contributed by atoms with Crippen molar-refractivity contribution in [3.63, 3.8) is 0 Å². The van der Waals surface area contributed by atoms with Crippen LogP contribution < -0.4 is 15.9 Å². The first-order chi connectivity index (χ1) is 17.8. The minimum atomic E-state index is -4.15. The number of nitrogens with two attached hydrogens (primary N) is 1. The number of nitrogen functional groups attached to an aromatic ring is 1. The van der Waals surface area contributed by atoms with Crippen molar-refractivity contribution >= 4 is 19.4 Å². The van der Waals surface area contributed by atoms with Gasteiger partial charge in [-0.05, 0) is 39.0 Å². The third-order valence-electron chi connectivity index (χ3n) is 5.88. The predicted molar refractivity (Wildman–Crippen MR) is 134 cm³/mol. The fourth-order valence-electron chi connectivity index (χ4n) is 4.01. The number of carbonyl (C=O) groups is 1. The molecule has 0 amide bonds. The zero-order chi connectivity index (χ0) is 28.3. The summed E-state index contributed by atoms with van der Waals surface area (Å²) in [6, 6.07) is 9.33. The number of aliphatic hydroxyl groups excluding tert-OH is 1. The number of para-hydroxylation sites is 1. The molecule has 2 heterocycles. The van der Waals surface area contributed by atoms with E-state index in [1.807, 2.05) is 0 Å². The molecule has 1 aromatic carbocycles. The molecular formula is C24H33FN3O9P. The van der Waals surface area contributed by atoms with Crippen molar-refractivity contribution in [3.8, 4) is 5.75 Å². The van der Waals surface area contributed by atoms with E-state index >= 15 is 0 Å². The van der Waals surface area contributed by atoms with E-state index in [1.54, 1.807) is 32.0 Å². The summed E-state index contributed by atoms with van der Waals surface area (Å²) in [7, 11) is -4.15. The van der Waals surface area contributed by atoms with Crippen LogP contribution in [0.3, 0.4) is 0 Å². The maximum atomic E-state index is 14.1. The van der Waals surface area contributed by atoms with Crippen molar-refractivity contribution in [1.29, 1.82) is 0 Å². The molecule has 0 radical (unpaired) electrons. The van der Waals surface area contributed by atoms with Gasteiger partial charge in [-0.2, -0.15) is 4.98 Å². The molecule has 38 heavy (non-hydrogen) atoms. The summed E-state index contributed by atoms with van der Waals surface area (Å²) >= 11 is 0. The monoisotopic (exact) mass is 557 g/mol. The van der Waals surface area contributed by atoms with Gasteiger partial charge in [0.15, 0.2) is 11.8 Å². The molecule has 210 valence electrons. The van der Waals surface area contributed by atoms with Gasteiger partial charge in [0.1, 0.15) is 30.4 Å². The van der Waals surface area contributed by atoms with E-state index in [0.717, 1.165) is 10.8 Å². The smallest absolute Gasteiger partial charge is 0.380 e. The average molecular weight is 558 g/mol. The van der Waals surface area contributed by atoms with Crippen LogP contribution in [0.15, 0.2) is 47.4 Å². The van der Waals surface area contributed by atoms with Gasteiger partial charge in [0, 0.05) is 6.20 Å². The number of nitrogens with zero attached hydrogens (tertiary/aromatic N) is 2. The molecule has 0 saturated carbocycles. The van der Waals surface area contributed by atoms with Crippen LogP contribution in [0.5, 0.6) is 5.75 Å². The van der Waals surface area contributed by atoms with Crippen LogP contribution in [0, 0.1) is 5.92 Å². The molecule has 3 rings (SSSR count). The quantitative estimate of drug-likeness (QED) is 0.273. The number of aliphatic hydroxyl groups is 2. The minimum absolute atomic E-state index is 0.106. The molecule has 1 aromatic heterocycles. The first-order valence-corrected chi connectivity index (χ1v) is 13.7. The molecule has 4 N–H and O–H groups in total. The van der Waals surface area contributed by atoms with Gasteiger partial charge in [-0.25, -0.2) is 13.8 Å². The number of carbonyl (C=O) groups excluding carboxylic acids is 1. The number of esters is 1. The number of hydrogen-bond acceptors (Lipinski definition) is 11. The Hall–Kier alpha value is -2.83. The molecule has 0 spiro atoms. The average Bonchev–Trinajstić information content (AvgIpc) is 3.10. The molecule has 1 aliphatic heterocycles. The number of hydrogen-bond donors (Lipinski definition) is 3. The van der Waals surface area contributed by atoms with Crippen molar-refractivity contribution in [2.75, 3.05) is 18.6 Å². The van der Waals surface area contributed by atoms with E-state index in [4.69, 9.17) is 24.3 Å². The van der Waals surface area contributed by atoms with Crippen LogP contribution >= 0.6 is 7.60 Å². The van der Waals surface area contributed by atoms with E-state index in [0.29, 0.717) is 0 Å². The first kappa shape index (κ1) is 29.7. The van der Waals surface area contributed by atoms with Gasteiger partial charge in [0.25, 0.3) is 0 Å². The minimum Gasteiger partial charge on any atom is -0.463 e. The van der Waals surface area contributed by atoms with Crippen LogP contribution in [0.4, 0.5) is 10.2 Å². The number of benzene rings is 1. The summed E-state index contributed by atoms with van der Waals surface area (Å²) < 4.78 is 51.2. The largest absolute Gasteiger partial charge is 0.463 e. The molecule has 2 unspecified atom stereocenters. The normalized spacial score (nSPS) is 26.5. The predicted octanol–water partition coefficient (Wildman–Crippen LogP) is 2.05. The number of anilines is 1. The van der Waals surface area contributed by atoms with E-state index in [2.05, 4.69) is 4.98 Å². The number of rotatable bonds is 11. The molecule has 7 atom stereocenters. The maximum Gasteiger partial charge on any atom is 0.380 e. The Labute approximate surface area is 219 Å². The van der Waals surface area contributed by atoms with Gasteiger partial charge in [-0.3, -0.25) is 13.9 Å². The van der Waals surface area contributed by atoms with Crippen LogP contribution in [-0.4, -0.2) is 68.6 Å². The van der Waals surface area contributed by atoms with Crippen molar-refractivity contribution in [2.24, 2.45) is 5.92 Å². The number of ether oxygens (including phenoxy) is 2. The van der Waals surface area contributed by atoms with E-state index in [9.17, 15) is 28.8 Å². The summed E-state index contributed by atoms with van der Waals surface area (Å²) in [5.74, 6) is -1.43. The lowest BCUT2D eigenvalue weighted by atomic mass is 9.93. The third kappa shape index (κ3) is 6.59. The van der Waals surface area contributed by atoms with Gasteiger partial charge < -0.3 is 29.9 Å². The Bertz CT molecular complexity index is 1210. The zero-order valence-electron chi connectivity index (χ0n) is 21.5. The Morgan fingerprint density at radius 3 is 2.50 bits per heavy atom. The number of alkyl halides is 1. The Morgan fingerprint density at radius 1 is 1.26 bits per heavy atom. The molecular weight excluding hydrogens is 524 g/mol. The molecule has 14 heteroatoms. The van der Waals surface area contributed by atoms with Gasteiger partial charge in [-0.1, -0.05) is 25.1 Å². The van der Waals surface area contributed by atoms with Gasteiger partial charge >= 0.3 is 19.3 Å². The fourth-order valence-corrected chi connectivity index (χ4v) is 6.10. The molecule has 0 bridgehead atoms. The lowest BCUT2D eigenvalue weighted by Crippen LogP contribution is -2.51. The van der Waals surface area contributed by atoms with Crippen molar-refractivity contribution in [1.82, 2.24) is 9.55 Å². The molecule has 1 fully saturated rings. The summed E-state index contributed by atoms with van der Waals surface area (Å²) in [5.41, 5.74) is 1.99. The highest BCUT2D eigenvalue weighted by molar-refractivity contribution is 7.54. The standard InChI is InChI=1S/C24H33FN3O9P/c1-14(2)34-21(30)15(3)12-38(33,37-17-8-6-5-7-9-17)36-16(4)19-20(29)24(32,13-25)22(35-19)28-11-10-18(26)27-23(28)31/h5-11,14-16,19-20,22,29,32H,12-13H2,1-4H3,(H2,26,27,31)/t15-,16-,19-,20+,22-,24?,38?/m1/s1. The molecule has 1 saturated heterocycles. The van der Waals surface area contributed by atoms with Gasteiger partial charge in [-0.15, -0.1) is 0 Å². The Balaban J connectivity index is 1.88. The fraction of sp³-hybridized carbons (Fsp3) is 0.542. The van der Waals surface area contributed by atoms with Crippen LogP contribution in [0.25, 0.3) is 0 Å². The van der Waals surface area contributed by atoms with Crippen LogP contribution in [-0.2, 0) is 23.4 Å². The SMILES string of the molecule is CC(C)OC(=O)[C@H](C)CP(=O)(Oc1ccccc1)O[C@H](C)[C@H]1O[C@@H](n2ccc(N)nc2=O)C(O)(CF)[C@H]1O. The second-order valence-electron chi connectivity index (χ2n) is 9.46. The van der Waals surface area contributed by atoms with Crippen LogP contribution in [0.1, 0.15) is 33.9 Å². The third-order valence-corrected chi connectivity index (χ3v) is 8.02. The topological polar surface area (TPSA) is 172 Å². The van der Waals surface area contributed by atoms with Crippen molar-refractivity contribution < 1.29 is 42.5 Å². The molecule has 0 aliphatic carbocycles. The maximum absolute atomic E-state index is 14.1. The molecule has 1 aliphatic rings. The first-order valence-electron chi connectivity index (χ1n) is 12.0. The highest BCUT2D eigenvalue weighted by Crippen LogP contribution is 2.53. The zero-order valence-corrected chi connectivity index (χ0v) is 22.4. The summed E-state index contributed by atoms with van der Waals surface area (Å²) in [6.45, 7) is 4.73. The van der Waals surface area contributed by atoms with Crippen molar-refractivity contribution in [2.45, 2.75) is 63.9 Å². The number of halogens is 1. The van der Waals surface area contributed by atoms with E-state index < -0.39 is 74.3 Å². The molecule has 2 aromatic rings. The van der Waals surface area contributed by atoms with Gasteiger partial charge in [0.05, 0.1) is 24.3 Å². The van der Waals surface area contributed by atoms with E-state index in [-0.39, 0.29) is 11.6 Å². The second-order valence-corrected chi connectivity index (χ2v) is 11.4. The highest BCUT2D eigenvalue weighted by Gasteiger charge is 2.59. The summed E-state index contributed by atoms with van der Waals surface area (Å²) in [6.07, 6.45) is -5.99. The Morgan fingerprint density at radius 2 is 1.92 bits per heavy atom. The lowest BCUT2D eigenvalue weighted by molar-refractivity contribution is -0.151. The number of aromatic nitrogens is 2. The van der Waals surface area contributed by atoms with Crippen molar-refractivity contribution in [3.05, 3.63) is 53.1 Å². The Kier molecular flexibility index (Phi) is 9.32. The summed E-state index contributed by atoms with van der Waals surface area (Å²) in [5, 5.41) is 21.8.